The van der Waals surface area contributed by atoms with Crippen molar-refractivity contribution in [3.8, 4) is 5.75 Å². The number of hydrogen-bond donors (Lipinski definition) is 1. The molecule has 0 unspecified atom stereocenters. The van der Waals surface area contributed by atoms with Crippen LogP contribution in [0.2, 0.25) is 0 Å². The highest BCUT2D eigenvalue weighted by Gasteiger charge is 2.36. The maximum atomic E-state index is 13.8. The van der Waals surface area contributed by atoms with Crippen molar-refractivity contribution in [1.29, 1.82) is 0 Å². The zero-order valence-corrected chi connectivity index (χ0v) is 22.9. The minimum atomic E-state index is -1.02. The summed E-state index contributed by atoms with van der Waals surface area (Å²) in [7, 11) is 1.54. The van der Waals surface area contributed by atoms with Gasteiger partial charge in [0.2, 0.25) is 0 Å². The van der Waals surface area contributed by atoms with E-state index in [1.807, 2.05) is 19.1 Å². The Hall–Kier alpha value is -3.50. The van der Waals surface area contributed by atoms with Crippen LogP contribution >= 0.6 is 27.3 Å². The van der Waals surface area contributed by atoms with Crippen LogP contribution < -0.4 is 19.6 Å². The van der Waals surface area contributed by atoms with Gasteiger partial charge in [-0.2, -0.15) is 0 Å². The first-order chi connectivity index (χ1) is 17.8. The molecule has 0 saturated carbocycles. The van der Waals surface area contributed by atoms with Crippen molar-refractivity contribution >= 4 is 45.3 Å². The van der Waals surface area contributed by atoms with E-state index in [4.69, 9.17) is 19.6 Å². The fourth-order valence-electron chi connectivity index (χ4n) is 4.21. The summed E-state index contributed by atoms with van der Waals surface area (Å²) in [5.74, 6) is -1.03. The van der Waals surface area contributed by atoms with Gasteiger partial charge in [-0.15, -0.1) is 0 Å². The standard InChI is InChI=1S/C27H25BrN2O6S/c1-4-6-19-22(26(34)36-5-2)23(18-14-17(28)11-12-20(18)35-3)30-24(31)21(37-27(30)29-19)13-15-7-9-16(10-8-15)25(32)33/h7-14,23H,4-6H2,1-3H3,(H,32,33)/b21-13+/t23-/m0/s1. The number of esters is 1. The first-order valence-electron chi connectivity index (χ1n) is 11.7. The van der Waals surface area contributed by atoms with E-state index in [0.717, 1.165) is 10.9 Å². The number of allylic oxidation sites excluding steroid dienone is 1. The zero-order chi connectivity index (χ0) is 26.7. The Balaban J connectivity index is 2.01. The van der Waals surface area contributed by atoms with Crippen LogP contribution in [-0.2, 0) is 9.53 Å². The first kappa shape index (κ1) is 26.6. The average Bonchev–Trinajstić information content (AvgIpc) is 3.18. The molecular weight excluding hydrogens is 560 g/mol. The molecule has 37 heavy (non-hydrogen) atoms. The van der Waals surface area contributed by atoms with Gasteiger partial charge in [0, 0.05) is 10.0 Å². The number of aromatic carboxylic acids is 1. The Morgan fingerprint density at radius 2 is 1.92 bits per heavy atom. The predicted molar refractivity (Wildman–Crippen MR) is 144 cm³/mol. The molecule has 0 saturated heterocycles. The van der Waals surface area contributed by atoms with E-state index in [-0.39, 0.29) is 17.7 Å². The van der Waals surface area contributed by atoms with Crippen molar-refractivity contribution in [2.75, 3.05) is 13.7 Å². The molecule has 0 fully saturated rings. The topological polar surface area (TPSA) is 107 Å². The average molecular weight is 585 g/mol. The fraction of sp³-hybridized carbons (Fsp3) is 0.259. The van der Waals surface area contributed by atoms with Gasteiger partial charge in [-0.3, -0.25) is 9.36 Å². The lowest BCUT2D eigenvalue weighted by Crippen LogP contribution is -2.40. The SMILES string of the molecule is CCCC1=C(C(=O)OCC)[C@H](c2cc(Br)ccc2OC)n2c(s/c(=C/c3ccc(C(=O)O)cc3)c2=O)=N1. The number of halogens is 1. The maximum absolute atomic E-state index is 13.8. The summed E-state index contributed by atoms with van der Waals surface area (Å²) < 4.78 is 13.7. The third-order valence-corrected chi connectivity index (χ3v) is 7.31. The number of carbonyl (C=O) groups excluding carboxylic acids is 1. The van der Waals surface area contributed by atoms with Gasteiger partial charge in [-0.1, -0.05) is 52.7 Å². The van der Waals surface area contributed by atoms with Crippen molar-refractivity contribution in [3.05, 3.63) is 94.6 Å². The van der Waals surface area contributed by atoms with Crippen LogP contribution in [0.4, 0.5) is 0 Å². The van der Waals surface area contributed by atoms with Crippen molar-refractivity contribution in [2.24, 2.45) is 4.99 Å². The molecule has 1 atom stereocenters. The van der Waals surface area contributed by atoms with Crippen LogP contribution in [0.1, 0.15) is 54.2 Å². The van der Waals surface area contributed by atoms with E-state index in [2.05, 4.69) is 15.9 Å². The van der Waals surface area contributed by atoms with Crippen molar-refractivity contribution in [3.63, 3.8) is 0 Å². The van der Waals surface area contributed by atoms with E-state index in [0.29, 0.717) is 43.9 Å². The number of fused-ring (bicyclic) bond motifs is 1. The highest BCUT2D eigenvalue weighted by Crippen LogP contribution is 2.38. The minimum Gasteiger partial charge on any atom is -0.496 e. The van der Waals surface area contributed by atoms with E-state index in [1.165, 1.54) is 35.1 Å². The van der Waals surface area contributed by atoms with Gasteiger partial charge < -0.3 is 14.6 Å². The van der Waals surface area contributed by atoms with Crippen LogP contribution in [-0.4, -0.2) is 35.3 Å². The molecular formula is C27H25BrN2O6S. The Morgan fingerprint density at radius 1 is 1.19 bits per heavy atom. The zero-order valence-electron chi connectivity index (χ0n) is 20.5. The lowest BCUT2D eigenvalue weighted by Gasteiger charge is -2.27. The molecule has 10 heteroatoms. The van der Waals surface area contributed by atoms with Gasteiger partial charge in [0.15, 0.2) is 4.80 Å². The van der Waals surface area contributed by atoms with Gasteiger partial charge in [0.05, 0.1) is 35.1 Å². The second-order valence-electron chi connectivity index (χ2n) is 8.23. The fourth-order valence-corrected chi connectivity index (χ4v) is 5.61. The maximum Gasteiger partial charge on any atom is 0.338 e. The van der Waals surface area contributed by atoms with Gasteiger partial charge in [-0.25, -0.2) is 14.6 Å². The molecule has 2 aromatic carbocycles. The number of nitrogens with zero attached hydrogens (tertiary/aromatic N) is 2. The third kappa shape index (κ3) is 5.30. The van der Waals surface area contributed by atoms with Crippen LogP contribution in [0.5, 0.6) is 5.75 Å². The van der Waals surface area contributed by atoms with Crippen LogP contribution in [0.25, 0.3) is 6.08 Å². The number of benzene rings is 2. The summed E-state index contributed by atoms with van der Waals surface area (Å²) in [4.78, 5) is 43.5. The largest absolute Gasteiger partial charge is 0.496 e. The van der Waals surface area contributed by atoms with E-state index >= 15 is 0 Å². The quantitative estimate of drug-likeness (QED) is 0.400. The Labute approximate surface area is 225 Å². The number of thiazole rings is 1. The highest BCUT2D eigenvalue weighted by atomic mass is 79.9. The van der Waals surface area contributed by atoms with Crippen molar-refractivity contribution < 1.29 is 24.2 Å². The monoisotopic (exact) mass is 584 g/mol. The number of carboxylic acid groups (broad SMARTS) is 1. The second kappa shape index (κ2) is 11.3. The van der Waals surface area contributed by atoms with Crippen LogP contribution in [0.3, 0.4) is 0 Å². The number of rotatable bonds is 8. The summed E-state index contributed by atoms with van der Waals surface area (Å²) in [6.45, 7) is 3.91. The summed E-state index contributed by atoms with van der Waals surface area (Å²) in [6, 6.07) is 10.9. The van der Waals surface area contributed by atoms with E-state index in [9.17, 15) is 14.4 Å². The number of carboxylic acids is 1. The smallest absolute Gasteiger partial charge is 0.338 e. The van der Waals surface area contributed by atoms with Gasteiger partial charge in [0.25, 0.3) is 5.56 Å². The Kier molecular flexibility index (Phi) is 8.09. The molecule has 1 aromatic heterocycles. The second-order valence-corrected chi connectivity index (χ2v) is 10.2. The lowest BCUT2D eigenvalue weighted by atomic mass is 9.93. The number of hydrogen-bond acceptors (Lipinski definition) is 7. The number of carbonyl (C=O) groups is 2. The van der Waals surface area contributed by atoms with Crippen LogP contribution in [0, 0.1) is 0 Å². The molecule has 0 amide bonds. The molecule has 192 valence electrons. The molecule has 0 bridgehead atoms. The normalized spacial score (nSPS) is 15.2. The van der Waals surface area contributed by atoms with E-state index < -0.39 is 18.0 Å². The molecule has 8 nitrogen and oxygen atoms in total. The van der Waals surface area contributed by atoms with Crippen LogP contribution in [0.15, 0.2) is 68.0 Å². The highest BCUT2D eigenvalue weighted by molar-refractivity contribution is 9.10. The first-order valence-corrected chi connectivity index (χ1v) is 13.3. The summed E-state index contributed by atoms with van der Waals surface area (Å²) in [6.07, 6.45) is 2.97. The Bertz CT molecular complexity index is 1570. The van der Waals surface area contributed by atoms with Gasteiger partial charge in [0.1, 0.15) is 11.8 Å². The number of methoxy groups -OCH3 is 1. The molecule has 1 aliphatic heterocycles. The molecule has 0 spiro atoms. The molecule has 3 aromatic rings. The molecule has 1 N–H and O–H groups in total. The summed E-state index contributed by atoms with van der Waals surface area (Å²) in [5.41, 5.74) is 2.02. The molecule has 1 aliphatic rings. The minimum absolute atomic E-state index is 0.156. The number of aromatic nitrogens is 1. The van der Waals surface area contributed by atoms with Crippen molar-refractivity contribution in [2.45, 2.75) is 32.7 Å². The molecule has 0 aliphatic carbocycles. The Morgan fingerprint density at radius 3 is 2.54 bits per heavy atom. The summed E-state index contributed by atoms with van der Waals surface area (Å²) >= 11 is 4.72. The molecule has 2 heterocycles. The number of ether oxygens (including phenoxy) is 2. The van der Waals surface area contributed by atoms with Gasteiger partial charge in [-0.05, 0) is 55.3 Å². The van der Waals surface area contributed by atoms with E-state index in [1.54, 1.807) is 31.2 Å². The summed E-state index contributed by atoms with van der Waals surface area (Å²) in [5, 5.41) is 9.17. The third-order valence-electron chi connectivity index (χ3n) is 5.83. The lowest BCUT2D eigenvalue weighted by molar-refractivity contribution is -0.139. The molecule has 0 radical (unpaired) electrons. The molecule has 4 rings (SSSR count). The van der Waals surface area contributed by atoms with Gasteiger partial charge >= 0.3 is 11.9 Å². The predicted octanol–water partition coefficient (Wildman–Crippen LogP) is 4.05. The van der Waals surface area contributed by atoms with Crippen molar-refractivity contribution in [1.82, 2.24) is 4.57 Å².